The molecule has 16 heavy (non-hydrogen) atoms. The summed E-state index contributed by atoms with van der Waals surface area (Å²) in [5.41, 5.74) is 2.44. The van der Waals surface area contributed by atoms with E-state index in [4.69, 9.17) is 11.6 Å². The Bertz CT molecular complexity index is 348. The Morgan fingerprint density at radius 3 is 2.81 bits per heavy atom. The zero-order valence-corrected chi connectivity index (χ0v) is 11.2. The van der Waals surface area contributed by atoms with Crippen molar-refractivity contribution >= 4 is 23.4 Å². The predicted molar refractivity (Wildman–Crippen MR) is 73.4 cm³/mol. The molecule has 88 valence electrons. The van der Waals surface area contributed by atoms with Crippen LogP contribution in [-0.4, -0.2) is 17.5 Å². The van der Waals surface area contributed by atoms with Crippen LogP contribution in [0.4, 0.5) is 0 Å². The number of hydrogen-bond acceptors (Lipinski definition) is 2. The largest absolute Gasteiger partial charge is 0.310 e. The lowest BCUT2D eigenvalue weighted by atomic mass is 10.1. The molecular formula is C13H18ClNS. The minimum Gasteiger partial charge on any atom is -0.310 e. The summed E-state index contributed by atoms with van der Waals surface area (Å²) in [5, 5.41) is 4.49. The van der Waals surface area contributed by atoms with Gasteiger partial charge in [0.25, 0.3) is 0 Å². The van der Waals surface area contributed by atoms with Crippen molar-refractivity contribution in [3.63, 3.8) is 0 Å². The van der Waals surface area contributed by atoms with Gasteiger partial charge in [-0.1, -0.05) is 23.7 Å². The van der Waals surface area contributed by atoms with E-state index in [-0.39, 0.29) is 0 Å². The molecule has 3 heteroatoms. The first-order valence-electron chi connectivity index (χ1n) is 5.82. The minimum absolute atomic E-state index is 0.679. The van der Waals surface area contributed by atoms with Gasteiger partial charge in [0.1, 0.15) is 0 Å². The molecule has 0 saturated carbocycles. The zero-order valence-electron chi connectivity index (χ0n) is 9.63. The van der Waals surface area contributed by atoms with Crippen LogP contribution in [0.5, 0.6) is 0 Å². The van der Waals surface area contributed by atoms with Gasteiger partial charge in [0.05, 0.1) is 0 Å². The Hall–Kier alpha value is -0.180. The van der Waals surface area contributed by atoms with Crippen molar-refractivity contribution in [3.05, 3.63) is 34.3 Å². The second kappa shape index (κ2) is 5.95. The van der Waals surface area contributed by atoms with Crippen LogP contribution >= 0.6 is 23.4 Å². The van der Waals surface area contributed by atoms with Gasteiger partial charge in [-0.15, -0.1) is 0 Å². The van der Waals surface area contributed by atoms with Crippen LogP contribution in [0.3, 0.4) is 0 Å². The normalized spacial score (nSPS) is 17.6. The monoisotopic (exact) mass is 255 g/mol. The van der Waals surface area contributed by atoms with Crippen LogP contribution in [0, 0.1) is 6.92 Å². The van der Waals surface area contributed by atoms with Crippen LogP contribution < -0.4 is 5.32 Å². The molecule has 1 aliphatic rings. The standard InChI is InChI=1S/C13H18ClNS/c1-10-2-3-11(13(14)8-10)9-15-12-4-6-16-7-5-12/h2-3,8,12,15H,4-7,9H2,1H3. The molecule has 0 aliphatic carbocycles. The molecule has 0 unspecified atom stereocenters. The topological polar surface area (TPSA) is 12.0 Å². The number of thioether (sulfide) groups is 1. The van der Waals surface area contributed by atoms with Gasteiger partial charge in [-0.3, -0.25) is 0 Å². The van der Waals surface area contributed by atoms with E-state index < -0.39 is 0 Å². The lowest BCUT2D eigenvalue weighted by Gasteiger charge is -2.22. The first-order chi connectivity index (χ1) is 7.75. The summed E-state index contributed by atoms with van der Waals surface area (Å²) in [6.07, 6.45) is 2.57. The summed E-state index contributed by atoms with van der Waals surface area (Å²) >= 11 is 8.26. The number of halogens is 1. The second-order valence-corrected chi connectivity index (χ2v) is 5.99. The summed E-state index contributed by atoms with van der Waals surface area (Å²) < 4.78 is 0. The van der Waals surface area contributed by atoms with Crippen LogP contribution in [0.25, 0.3) is 0 Å². The van der Waals surface area contributed by atoms with E-state index in [9.17, 15) is 0 Å². The van der Waals surface area contributed by atoms with Gasteiger partial charge in [0.15, 0.2) is 0 Å². The van der Waals surface area contributed by atoms with E-state index in [0.717, 1.165) is 11.6 Å². The molecule has 0 amide bonds. The van der Waals surface area contributed by atoms with E-state index in [1.165, 1.54) is 35.5 Å². The quantitative estimate of drug-likeness (QED) is 0.885. The molecule has 0 bridgehead atoms. The Balaban J connectivity index is 1.88. The highest BCUT2D eigenvalue weighted by atomic mass is 35.5. The summed E-state index contributed by atoms with van der Waals surface area (Å²) in [6, 6.07) is 6.97. The number of nitrogens with one attached hydrogen (secondary N) is 1. The maximum Gasteiger partial charge on any atom is 0.0453 e. The SMILES string of the molecule is Cc1ccc(CNC2CCSCC2)c(Cl)c1. The van der Waals surface area contributed by atoms with Gasteiger partial charge in [-0.25, -0.2) is 0 Å². The first-order valence-corrected chi connectivity index (χ1v) is 7.35. The van der Waals surface area contributed by atoms with Crippen molar-refractivity contribution in [2.45, 2.75) is 32.4 Å². The third-order valence-corrected chi connectivity index (χ3v) is 4.41. The van der Waals surface area contributed by atoms with Crippen LogP contribution in [0.2, 0.25) is 5.02 Å². The highest BCUT2D eigenvalue weighted by Gasteiger charge is 2.13. The Kier molecular flexibility index (Phi) is 4.56. The predicted octanol–water partition coefficient (Wildman–Crippen LogP) is 3.63. The third kappa shape index (κ3) is 3.41. The Morgan fingerprint density at radius 1 is 1.38 bits per heavy atom. The Morgan fingerprint density at radius 2 is 2.12 bits per heavy atom. The van der Waals surface area contributed by atoms with E-state index in [2.05, 4.69) is 36.1 Å². The fourth-order valence-corrected chi connectivity index (χ4v) is 3.36. The van der Waals surface area contributed by atoms with Gasteiger partial charge >= 0.3 is 0 Å². The van der Waals surface area contributed by atoms with Gasteiger partial charge in [-0.05, 0) is 48.5 Å². The molecule has 1 fully saturated rings. The lowest BCUT2D eigenvalue weighted by Crippen LogP contribution is -2.32. The minimum atomic E-state index is 0.679. The van der Waals surface area contributed by atoms with Crippen molar-refractivity contribution in [1.29, 1.82) is 0 Å². The maximum atomic E-state index is 6.20. The van der Waals surface area contributed by atoms with Crippen molar-refractivity contribution in [2.24, 2.45) is 0 Å². The molecule has 1 N–H and O–H groups in total. The fourth-order valence-electron chi connectivity index (χ4n) is 1.95. The fraction of sp³-hybridized carbons (Fsp3) is 0.538. The van der Waals surface area contributed by atoms with Crippen molar-refractivity contribution in [2.75, 3.05) is 11.5 Å². The Labute approximate surface area is 107 Å². The molecule has 0 radical (unpaired) electrons. The summed E-state index contributed by atoms with van der Waals surface area (Å²) in [5.74, 6) is 2.58. The number of rotatable bonds is 3. The van der Waals surface area contributed by atoms with E-state index in [1.54, 1.807) is 0 Å². The summed E-state index contributed by atoms with van der Waals surface area (Å²) in [7, 11) is 0. The lowest BCUT2D eigenvalue weighted by molar-refractivity contribution is 0.482. The summed E-state index contributed by atoms with van der Waals surface area (Å²) in [6.45, 7) is 2.97. The summed E-state index contributed by atoms with van der Waals surface area (Å²) in [4.78, 5) is 0. The maximum absolute atomic E-state index is 6.20. The third-order valence-electron chi connectivity index (χ3n) is 3.01. The number of hydrogen-bond donors (Lipinski definition) is 1. The van der Waals surface area contributed by atoms with Crippen LogP contribution in [-0.2, 0) is 6.54 Å². The van der Waals surface area contributed by atoms with Crippen molar-refractivity contribution < 1.29 is 0 Å². The van der Waals surface area contributed by atoms with Gasteiger partial charge < -0.3 is 5.32 Å². The van der Waals surface area contributed by atoms with Crippen LogP contribution in [0.1, 0.15) is 24.0 Å². The molecule has 1 aromatic rings. The number of benzene rings is 1. The van der Waals surface area contributed by atoms with Gasteiger partial charge in [0, 0.05) is 17.6 Å². The van der Waals surface area contributed by atoms with E-state index in [1.807, 2.05) is 6.07 Å². The highest BCUT2D eigenvalue weighted by molar-refractivity contribution is 7.99. The average molecular weight is 256 g/mol. The number of aryl methyl sites for hydroxylation is 1. The van der Waals surface area contributed by atoms with Crippen molar-refractivity contribution in [3.8, 4) is 0 Å². The van der Waals surface area contributed by atoms with Gasteiger partial charge in [-0.2, -0.15) is 11.8 Å². The van der Waals surface area contributed by atoms with E-state index >= 15 is 0 Å². The highest BCUT2D eigenvalue weighted by Crippen LogP contribution is 2.20. The molecule has 0 spiro atoms. The first kappa shape index (κ1) is 12.3. The second-order valence-electron chi connectivity index (χ2n) is 4.36. The molecule has 0 atom stereocenters. The molecule has 1 aromatic carbocycles. The molecule has 2 rings (SSSR count). The van der Waals surface area contributed by atoms with Crippen molar-refractivity contribution in [1.82, 2.24) is 5.32 Å². The smallest absolute Gasteiger partial charge is 0.0453 e. The molecule has 0 aromatic heterocycles. The average Bonchev–Trinajstić information content (AvgIpc) is 2.29. The molecule has 1 aliphatic heterocycles. The molecule has 1 heterocycles. The van der Waals surface area contributed by atoms with E-state index in [0.29, 0.717) is 6.04 Å². The molecular weight excluding hydrogens is 238 g/mol. The van der Waals surface area contributed by atoms with Gasteiger partial charge in [0.2, 0.25) is 0 Å². The zero-order chi connectivity index (χ0) is 11.4. The molecule has 1 saturated heterocycles. The van der Waals surface area contributed by atoms with Crippen LogP contribution in [0.15, 0.2) is 18.2 Å². The molecule has 1 nitrogen and oxygen atoms in total.